The van der Waals surface area contributed by atoms with Crippen molar-refractivity contribution < 1.29 is 4.79 Å². The summed E-state index contributed by atoms with van der Waals surface area (Å²) in [5.41, 5.74) is 1.81. The standard InChI is InChI=1S/C18H20N4OS/c1-12(2)16(15-10-7-11-24-15)19-18(23)17-13(3)20-22(21-17)14-8-5-4-6-9-14/h4-12,16H,1-3H3,(H,19,23)/t16-/m1/s1. The average Bonchev–Trinajstić information content (AvgIpc) is 3.22. The predicted molar refractivity (Wildman–Crippen MR) is 95.5 cm³/mol. The van der Waals surface area contributed by atoms with Gasteiger partial charge in [-0.05, 0) is 36.4 Å². The highest BCUT2D eigenvalue weighted by atomic mass is 32.1. The molecule has 124 valence electrons. The van der Waals surface area contributed by atoms with Crippen molar-refractivity contribution in [2.24, 2.45) is 5.92 Å². The van der Waals surface area contributed by atoms with Gasteiger partial charge in [0, 0.05) is 4.88 Å². The molecule has 3 rings (SSSR count). The molecule has 0 unspecified atom stereocenters. The molecule has 0 bridgehead atoms. The van der Waals surface area contributed by atoms with Crippen molar-refractivity contribution in [3.63, 3.8) is 0 Å². The summed E-state index contributed by atoms with van der Waals surface area (Å²) in [5.74, 6) is 0.0962. The molecule has 2 heterocycles. The van der Waals surface area contributed by atoms with Gasteiger partial charge in [-0.2, -0.15) is 9.90 Å². The molecule has 1 amide bonds. The smallest absolute Gasteiger partial charge is 0.274 e. The maximum absolute atomic E-state index is 12.7. The summed E-state index contributed by atoms with van der Waals surface area (Å²) in [7, 11) is 0. The Bertz CT molecular complexity index is 809. The number of nitrogens with zero attached hydrogens (tertiary/aromatic N) is 3. The van der Waals surface area contributed by atoms with Crippen molar-refractivity contribution in [1.29, 1.82) is 0 Å². The van der Waals surface area contributed by atoms with Gasteiger partial charge >= 0.3 is 0 Å². The zero-order valence-corrected chi connectivity index (χ0v) is 14.7. The van der Waals surface area contributed by atoms with Gasteiger partial charge in [0.2, 0.25) is 0 Å². The second-order valence-electron chi connectivity index (χ2n) is 5.97. The molecule has 0 aliphatic heterocycles. The lowest BCUT2D eigenvalue weighted by molar-refractivity contribution is 0.0920. The Morgan fingerprint density at radius 3 is 2.50 bits per heavy atom. The van der Waals surface area contributed by atoms with Crippen LogP contribution < -0.4 is 5.32 Å². The number of para-hydroxylation sites is 1. The molecule has 3 aromatic rings. The van der Waals surface area contributed by atoms with Crippen LogP contribution in [0.4, 0.5) is 0 Å². The van der Waals surface area contributed by atoms with Crippen LogP contribution in [0.3, 0.4) is 0 Å². The Labute approximate surface area is 145 Å². The fourth-order valence-corrected chi connectivity index (χ4v) is 3.46. The molecule has 0 radical (unpaired) electrons. The first kappa shape index (κ1) is 16.4. The van der Waals surface area contributed by atoms with E-state index in [9.17, 15) is 4.79 Å². The van der Waals surface area contributed by atoms with E-state index in [0.717, 1.165) is 10.6 Å². The van der Waals surface area contributed by atoms with Crippen LogP contribution in [-0.2, 0) is 0 Å². The van der Waals surface area contributed by atoms with Gasteiger partial charge in [-0.25, -0.2) is 0 Å². The highest BCUT2D eigenvalue weighted by Gasteiger charge is 2.23. The van der Waals surface area contributed by atoms with Gasteiger partial charge in [0.15, 0.2) is 5.69 Å². The first-order valence-corrected chi connectivity index (χ1v) is 8.78. The lowest BCUT2D eigenvalue weighted by Crippen LogP contribution is -2.32. The number of amides is 1. The normalized spacial score (nSPS) is 12.3. The molecule has 0 fully saturated rings. The zero-order chi connectivity index (χ0) is 17.1. The van der Waals surface area contributed by atoms with Crippen molar-refractivity contribution in [3.8, 4) is 5.69 Å². The molecule has 24 heavy (non-hydrogen) atoms. The van der Waals surface area contributed by atoms with Gasteiger partial charge in [0.05, 0.1) is 17.4 Å². The third-order valence-electron chi connectivity index (χ3n) is 3.79. The number of hydrogen-bond acceptors (Lipinski definition) is 4. The van der Waals surface area contributed by atoms with Gasteiger partial charge < -0.3 is 5.32 Å². The number of nitrogens with one attached hydrogen (secondary N) is 1. The Balaban J connectivity index is 1.84. The predicted octanol–water partition coefficient (Wildman–Crippen LogP) is 3.76. The lowest BCUT2D eigenvalue weighted by atomic mass is 10.0. The molecule has 1 N–H and O–H groups in total. The van der Waals surface area contributed by atoms with Crippen LogP contribution in [0.2, 0.25) is 0 Å². The van der Waals surface area contributed by atoms with Crippen LogP contribution in [0.25, 0.3) is 5.69 Å². The minimum Gasteiger partial charge on any atom is -0.343 e. The Morgan fingerprint density at radius 2 is 1.88 bits per heavy atom. The van der Waals surface area contributed by atoms with Gasteiger partial charge in [-0.15, -0.1) is 16.4 Å². The fraction of sp³-hybridized carbons (Fsp3) is 0.278. The minimum absolute atomic E-state index is 0.0289. The highest BCUT2D eigenvalue weighted by molar-refractivity contribution is 7.10. The summed E-state index contributed by atoms with van der Waals surface area (Å²) >= 11 is 1.65. The van der Waals surface area contributed by atoms with Crippen molar-refractivity contribution in [2.75, 3.05) is 0 Å². The molecule has 1 atom stereocenters. The lowest BCUT2D eigenvalue weighted by Gasteiger charge is -2.20. The van der Waals surface area contributed by atoms with Crippen LogP contribution in [0.1, 0.15) is 40.9 Å². The number of aromatic nitrogens is 3. The van der Waals surface area contributed by atoms with Crippen LogP contribution in [0.15, 0.2) is 47.8 Å². The van der Waals surface area contributed by atoms with Gasteiger partial charge in [0.25, 0.3) is 5.91 Å². The maximum Gasteiger partial charge on any atom is 0.274 e. The summed E-state index contributed by atoms with van der Waals surface area (Å²) in [6.45, 7) is 5.99. The summed E-state index contributed by atoms with van der Waals surface area (Å²) in [5, 5.41) is 13.9. The summed E-state index contributed by atoms with van der Waals surface area (Å²) < 4.78 is 0. The van der Waals surface area contributed by atoms with Crippen LogP contribution in [0.5, 0.6) is 0 Å². The van der Waals surface area contributed by atoms with Crippen LogP contribution in [-0.4, -0.2) is 20.9 Å². The van der Waals surface area contributed by atoms with Crippen molar-refractivity contribution >= 4 is 17.2 Å². The second-order valence-corrected chi connectivity index (χ2v) is 6.95. The molecular formula is C18H20N4OS. The Morgan fingerprint density at radius 1 is 1.12 bits per heavy atom. The first-order valence-electron chi connectivity index (χ1n) is 7.90. The third-order valence-corrected chi connectivity index (χ3v) is 4.74. The maximum atomic E-state index is 12.7. The van der Waals surface area contributed by atoms with Crippen molar-refractivity contribution in [3.05, 3.63) is 64.1 Å². The Hall–Kier alpha value is -2.47. The van der Waals surface area contributed by atoms with E-state index in [1.807, 2.05) is 47.8 Å². The molecule has 0 saturated heterocycles. The molecule has 6 heteroatoms. The molecule has 2 aromatic heterocycles. The molecule has 0 spiro atoms. The highest BCUT2D eigenvalue weighted by Crippen LogP contribution is 2.26. The van der Waals surface area contributed by atoms with Crippen molar-refractivity contribution in [2.45, 2.75) is 26.8 Å². The van der Waals surface area contributed by atoms with Gasteiger partial charge in [0.1, 0.15) is 0 Å². The number of rotatable bonds is 5. The minimum atomic E-state index is -0.193. The largest absolute Gasteiger partial charge is 0.343 e. The van der Waals surface area contributed by atoms with E-state index in [0.29, 0.717) is 11.4 Å². The fourth-order valence-electron chi connectivity index (χ4n) is 2.51. The van der Waals surface area contributed by atoms with Gasteiger partial charge in [-0.3, -0.25) is 4.79 Å². The van der Waals surface area contributed by atoms with Crippen LogP contribution in [0, 0.1) is 12.8 Å². The quantitative estimate of drug-likeness (QED) is 0.769. The molecular weight excluding hydrogens is 320 g/mol. The molecule has 1 aromatic carbocycles. The average molecular weight is 340 g/mol. The van der Waals surface area contributed by atoms with E-state index in [2.05, 4.69) is 29.4 Å². The van der Waals surface area contributed by atoms with Crippen LogP contribution >= 0.6 is 11.3 Å². The van der Waals surface area contributed by atoms with E-state index < -0.39 is 0 Å². The topological polar surface area (TPSA) is 59.8 Å². The van der Waals surface area contributed by atoms with Gasteiger partial charge in [-0.1, -0.05) is 38.1 Å². The van der Waals surface area contributed by atoms with E-state index in [-0.39, 0.29) is 17.9 Å². The molecule has 5 nitrogen and oxygen atoms in total. The van der Waals surface area contributed by atoms with E-state index in [4.69, 9.17) is 0 Å². The molecule has 0 saturated carbocycles. The van der Waals surface area contributed by atoms with Crippen molar-refractivity contribution in [1.82, 2.24) is 20.3 Å². The third kappa shape index (κ3) is 3.38. The SMILES string of the molecule is Cc1nn(-c2ccccc2)nc1C(=O)N[C@@H](c1cccs1)C(C)C. The number of carbonyl (C=O) groups excluding carboxylic acids is 1. The monoisotopic (exact) mass is 340 g/mol. The number of thiophene rings is 1. The number of hydrogen-bond donors (Lipinski definition) is 1. The summed E-state index contributed by atoms with van der Waals surface area (Å²) in [4.78, 5) is 15.3. The first-order chi connectivity index (χ1) is 11.6. The van der Waals surface area contributed by atoms with E-state index in [1.165, 1.54) is 4.80 Å². The molecule has 0 aliphatic rings. The van der Waals surface area contributed by atoms with E-state index in [1.54, 1.807) is 18.3 Å². The summed E-state index contributed by atoms with van der Waals surface area (Å²) in [6, 6.07) is 13.6. The zero-order valence-electron chi connectivity index (χ0n) is 13.9. The number of carbonyl (C=O) groups is 1. The number of benzene rings is 1. The molecule has 0 aliphatic carbocycles. The second kappa shape index (κ2) is 6.97. The number of aryl methyl sites for hydroxylation is 1. The van der Waals surface area contributed by atoms with E-state index >= 15 is 0 Å². The summed E-state index contributed by atoms with van der Waals surface area (Å²) in [6.07, 6.45) is 0. The Kier molecular flexibility index (Phi) is 4.76.